The molecule has 0 aliphatic carbocycles. The van der Waals surface area contributed by atoms with Crippen LogP contribution in [-0.2, 0) is 11.3 Å². The van der Waals surface area contributed by atoms with Crippen molar-refractivity contribution in [1.82, 2.24) is 9.78 Å². The van der Waals surface area contributed by atoms with Crippen molar-refractivity contribution in [3.63, 3.8) is 0 Å². The highest BCUT2D eigenvalue weighted by atomic mass is 16.6. The first-order chi connectivity index (χ1) is 11.1. The van der Waals surface area contributed by atoms with Crippen molar-refractivity contribution in [3.05, 3.63) is 54.1 Å². The molecule has 0 fully saturated rings. The van der Waals surface area contributed by atoms with Crippen molar-refractivity contribution in [2.45, 2.75) is 20.4 Å². The van der Waals surface area contributed by atoms with Crippen LogP contribution in [0.5, 0.6) is 5.75 Å². The van der Waals surface area contributed by atoms with Gasteiger partial charge >= 0.3 is 0 Å². The molecule has 2 rings (SSSR count). The maximum Gasteiger partial charge on any atom is 0.278 e. The van der Waals surface area contributed by atoms with Gasteiger partial charge in [0.25, 0.3) is 5.95 Å². The van der Waals surface area contributed by atoms with Gasteiger partial charge in [-0.05, 0) is 31.5 Å². The predicted octanol–water partition coefficient (Wildman–Crippen LogP) is 3.47. The van der Waals surface area contributed by atoms with Gasteiger partial charge in [-0.25, -0.2) is 9.67 Å². The van der Waals surface area contributed by atoms with Gasteiger partial charge in [-0.1, -0.05) is 12.1 Å². The van der Waals surface area contributed by atoms with Gasteiger partial charge in [-0.15, -0.1) is 0 Å². The molecule has 0 aliphatic heterocycles. The number of rotatable bonds is 7. The number of allylic oxidation sites excluding steroid dienone is 1. The molecule has 0 radical (unpaired) electrons. The lowest BCUT2D eigenvalue weighted by atomic mass is 10.2. The molecular formula is C17H21N3O3. The minimum Gasteiger partial charge on any atom is -0.497 e. The molecule has 0 spiro atoms. The first-order valence-electron chi connectivity index (χ1n) is 7.36. The van der Waals surface area contributed by atoms with Crippen LogP contribution in [-0.4, -0.2) is 34.3 Å². The maximum atomic E-state index is 9.53. The second-order valence-corrected chi connectivity index (χ2v) is 4.86. The first-order valence-corrected chi connectivity index (χ1v) is 7.36. The van der Waals surface area contributed by atoms with Gasteiger partial charge in [-0.2, -0.15) is 5.10 Å². The second-order valence-electron chi connectivity index (χ2n) is 4.86. The van der Waals surface area contributed by atoms with E-state index in [0.29, 0.717) is 24.7 Å². The van der Waals surface area contributed by atoms with Crippen molar-refractivity contribution in [1.29, 1.82) is 0 Å². The Labute approximate surface area is 135 Å². The molecule has 0 amide bonds. The minimum atomic E-state index is -0.144. The van der Waals surface area contributed by atoms with Crippen molar-refractivity contribution in [2.75, 3.05) is 13.7 Å². The zero-order valence-corrected chi connectivity index (χ0v) is 13.6. The summed E-state index contributed by atoms with van der Waals surface area (Å²) in [6, 6.07) is 9.62. The zero-order chi connectivity index (χ0) is 16.7. The lowest BCUT2D eigenvalue weighted by Crippen LogP contribution is -2.02. The van der Waals surface area contributed by atoms with Crippen LogP contribution in [0.3, 0.4) is 0 Å². The molecule has 1 aromatic carbocycles. The van der Waals surface area contributed by atoms with Gasteiger partial charge in [-0.3, -0.25) is 0 Å². The summed E-state index contributed by atoms with van der Waals surface area (Å²) in [6.07, 6.45) is 3.18. The molecule has 6 heteroatoms. The first kappa shape index (κ1) is 16.6. The molecule has 0 unspecified atom stereocenters. The van der Waals surface area contributed by atoms with Gasteiger partial charge < -0.3 is 14.6 Å². The molecule has 6 nitrogen and oxygen atoms in total. The molecule has 0 atom stereocenters. The van der Waals surface area contributed by atoms with Gasteiger partial charge in [0.1, 0.15) is 5.75 Å². The fraction of sp³-hybridized carbons (Fsp3) is 0.294. The van der Waals surface area contributed by atoms with Crippen LogP contribution >= 0.6 is 0 Å². The summed E-state index contributed by atoms with van der Waals surface area (Å²) in [5, 5.41) is 13.8. The van der Waals surface area contributed by atoms with Crippen molar-refractivity contribution >= 4 is 11.5 Å². The fourth-order valence-electron chi connectivity index (χ4n) is 2.03. The molecule has 0 bridgehead atoms. The summed E-state index contributed by atoms with van der Waals surface area (Å²) in [5.74, 6) is 1.38. The molecule has 1 aromatic heterocycles. The average molecular weight is 315 g/mol. The third-order valence-corrected chi connectivity index (χ3v) is 3.10. The Kier molecular flexibility index (Phi) is 5.80. The standard InChI is InChI=1S/C17H21N3O3/c1-4-23-17(21)11-13(2)19-16-9-10-18-20(16)12-14-5-7-15(22-3)8-6-14/h5-11,21H,4,12H2,1-3H3/b17-11+,19-13?. The Morgan fingerprint density at radius 1 is 1.30 bits per heavy atom. The number of benzene rings is 1. The topological polar surface area (TPSA) is 68.9 Å². The van der Waals surface area contributed by atoms with E-state index in [2.05, 4.69) is 10.1 Å². The SMILES string of the molecule is CCO/C(O)=C/C(C)=Nc1ccnn1Cc1ccc(OC)cc1. The second kappa shape index (κ2) is 8.03. The highest BCUT2D eigenvalue weighted by Gasteiger charge is 2.04. The number of nitrogens with zero attached hydrogens (tertiary/aromatic N) is 3. The summed E-state index contributed by atoms with van der Waals surface area (Å²) >= 11 is 0. The van der Waals surface area contributed by atoms with E-state index < -0.39 is 0 Å². The zero-order valence-electron chi connectivity index (χ0n) is 13.6. The molecule has 1 heterocycles. The van der Waals surface area contributed by atoms with Crippen LogP contribution in [0.15, 0.2) is 53.5 Å². The van der Waals surface area contributed by atoms with Crippen LogP contribution in [0.4, 0.5) is 5.82 Å². The molecular weight excluding hydrogens is 294 g/mol. The molecule has 0 saturated carbocycles. The summed E-state index contributed by atoms with van der Waals surface area (Å²) in [7, 11) is 1.64. The highest BCUT2D eigenvalue weighted by Crippen LogP contribution is 2.16. The lowest BCUT2D eigenvalue weighted by Gasteiger charge is -2.06. The predicted molar refractivity (Wildman–Crippen MR) is 89.4 cm³/mol. The van der Waals surface area contributed by atoms with Crippen LogP contribution in [0.2, 0.25) is 0 Å². The van der Waals surface area contributed by atoms with Gasteiger partial charge in [0.15, 0.2) is 5.82 Å². The Morgan fingerprint density at radius 2 is 2.04 bits per heavy atom. The summed E-state index contributed by atoms with van der Waals surface area (Å²) < 4.78 is 11.9. The molecule has 2 aromatic rings. The normalized spacial score (nSPS) is 12.3. The van der Waals surface area contributed by atoms with Crippen molar-refractivity contribution in [3.8, 4) is 5.75 Å². The molecule has 122 valence electrons. The average Bonchev–Trinajstić information content (AvgIpc) is 2.95. The number of methoxy groups -OCH3 is 1. The van der Waals surface area contributed by atoms with E-state index in [1.54, 1.807) is 31.8 Å². The van der Waals surface area contributed by atoms with Crippen molar-refractivity contribution < 1.29 is 14.6 Å². The largest absolute Gasteiger partial charge is 0.497 e. The Balaban J connectivity index is 2.13. The maximum absolute atomic E-state index is 9.53. The number of aliphatic imine (C=N–C) groups is 1. The quantitative estimate of drug-likeness (QED) is 0.627. The van der Waals surface area contributed by atoms with Crippen LogP contribution in [0.25, 0.3) is 0 Å². The fourth-order valence-corrected chi connectivity index (χ4v) is 2.03. The van der Waals surface area contributed by atoms with E-state index in [0.717, 1.165) is 11.3 Å². The van der Waals surface area contributed by atoms with Gasteiger partial charge in [0.05, 0.1) is 26.5 Å². The van der Waals surface area contributed by atoms with E-state index in [-0.39, 0.29) is 5.95 Å². The Hall–Kier alpha value is -2.76. The molecule has 1 N–H and O–H groups in total. The lowest BCUT2D eigenvalue weighted by molar-refractivity contribution is 0.103. The van der Waals surface area contributed by atoms with E-state index >= 15 is 0 Å². The Morgan fingerprint density at radius 3 is 2.70 bits per heavy atom. The van der Waals surface area contributed by atoms with Crippen LogP contribution in [0, 0.1) is 0 Å². The number of hydrogen-bond acceptors (Lipinski definition) is 5. The van der Waals surface area contributed by atoms with E-state index in [9.17, 15) is 5.11 Å². The number of aliphatic hydroxyl groups is 1. The summed E-state index contributed by atoms with van der Waals surface area (Å²) in [5.41, 5.74) is 1.73. The monoisotopic (exact) mass is 315 g/mol. The van der Waals surface area contributed by atoms with Gasteiger partial charge in [0.2, 0.25) is 0 Å². The van der Waals surface area contributed by atoms with Gasteiger partial charge in [0, 0.05) is 17.9 Å². The highest BCUT2D eigenvalue weighted by molar-refractivity contribution is 5.94. The Bertz CT molecular complexity index is 687. The molecule has 23 heavy (non-hydrogen) atoms. The van der Waals surface area contributed by atoms with Crippen LogP contribution < -0.4 is 4.74 Å². The number of hydrogen-bond donors (Lipinski definition) is 1. The van der Waals surface area contributed by atoms with E-state index in [4.69, 9.17) is 9.47 Å². The molecule has 0 aliphatic rings. The summed E-state index contributed by atoms with van der Waals surface area (Å²) in [4.78, 5) is 4.45. The third-order valence-electron chi connectivity index (χ3n) is 3.10. The number of ether oxygens (including phenoxy) is 2. The smallest absolute Gasteiger partial charge is 0.278 e. The summed E-state index contributed by atoms with van der Waals surface area (Å²) in [6.45, 7) is 4.61. The number of aromatic nitrogens is 2. The third kappa shape index (κ3) is 4.88. The van der Waals surface area contributed by atoms with E-state index in [1.807, 2.05) is 30.3 Å². The number of aliphatic hydroxyl groups excluding tert-OH is 1. The molecule has 0 saturated heterocycles. The van der Waals surface area contributed by atoms with E-state index in [1.165, 1.54) is 6.08 Å². The van der Waals surface area contributed by atoms with Crippen molar-refractivity contribution in [2.24, 2.45) is 4.99 Å². The van der Waals surface area contributed by atoms with Crippen LogP contribution in [0.1, 0.15) is 19.4 Å². The minimum absolute atomic E-state index is 0.144.